The first-order valence-corrected chi connectivity index (χ1v) is 13.0. The van der Waals surface area contributed by atoms with Gasteiger partial charge in [-0.3, -0.25) is 0 Å². The Balaban J connectivity index is 2.01. The lowest BCUT2D eigenvalue weighted by Crippen LogP contribution is -2.34. The van der Waals surface area contributed by atoms with Crippen LogP contribution in [0.5, 0.6) is 0 Å². The molecule has 0 spiro atoms. The third-order valence-electron chi connectivity index (χ3n) is 5.50. The second kappa shape index (κ2) is 7.85. The number of benzene rings is 2. The standard InChI is InChI=1S/C22H20FN3O4S2/c1-15-4-6-17(7-5-15)32(29,30)26-21(16-10-12-25(13-11-16)31(3,27)28)14-18-19(23)8-9-20(24-2)22(18)26/h4-10,14H,11-13H2,1,3H3. The van der Waals surface area contributed by atoms with Crippen LogP contribution in [0.3, 0.4) is 0 Å². The maximum atomic E-state index is 14.7. The lowest BCUT2D eigenvalue weighted by molar-refractivity contribution is 0.445. The van der Waals surface area contributed by atoms with Crippen molar-refractivity contribution in [2.45, 2.75) is 18.2 Å². The van der Waals surface area contributed by atoms with E-state index in [1.165, 1.54) is 28.6 Å². The van der Waals surface area contributed by atoms with Crippen molar-refractivity contribution in [3.8, 4) is 0 Å². The van der Waals surface area contributed by atoms with Gasteiger partial charge in [0.1, 0.15) is 5.82 Å². The van der Waals surface area contributed by atoms with Crippen LogP contribution in [0.4, 0.5) is 10.1 Å². The number of hydrogen-bond acceptors (Lipinski definition) is 4. The molecule has 0 fully saturated rings. The van der Waals surface area contributed by atoms with Crippen molar-refractivity contribution in [1.29, 1.82) is 0 Å². The summed E-state index contributed by atoms with van der Waals surface area (Å²) in [5.74, 6) is -0.638. The van der Waals surface area contributed by atoms with Crippen molar-refractivity contribution in [3.63, 3.8) is 0 Å². The molecule has 0 amide bonds. The average molecular weight is 474 g/mol. The number of halogens is 1. The summed E-state index contributed by atoms with van der Waals surface area (Å²) in [7, 11) is -7.57. The topological polar surface area (TPSA) is 80.8 Å². The van der Waals surface area contributed by atoms with Crippen molar-refractivity contribution in [2.75, 3.05) is 19.3 Å². The van der Waals surface area contributed by atoms with Gasteiger partial charge in [-0.05, 0) is 43.2 Å². The predicted molar refractivity (Wildman–Crippen MR) is 121 cm³/mol. The molecule has 0 N–H and O–H groups in total. The first kappa shape index (κ1) is 22.2. The van der Waals surface area contributed by atoms with E-state index in [9.17, 15) is 21.2 Å². The molecular formula is C22H20FN3O4S2. The number of aromatic nitrogens is 1. The van der Waals surface area contributed by atoms with Crippen LogP contribution in [0.1, 0.15) is 17.7 Å². The zero-order valence-electron chi connectivity index (χ0n) is 17.4. The minimum Gasteiger partial charge on any atom is -0.244 e. The van der Waals surface area contributed by atoms with Gasteiger partial charge in [-0.15, -0.1) is 0 Å². The van der Waals surface area contributed by atoms with E-state index in [0.29, 0.717) is 5.57 Å². The van der Waals surface area contributed by atoms with E-state index in [1.807, 2.05) is 6.92 Å². The van der Waals surface area contributed by atoms with E-state index in [2.05, 4.69) is 4.85 Å². The number of aryl methyl sites for hydroxylation is 1. The number of rotatable bonds is 4. The molecule has 7 nitrogen and oxygen atoms in total. The molecule has 32 heavy (non-hydrogen) atoms. The summed E-state index contributed by atoms with van der Waals surface area (Å²) in [5.41, 5.74) is 1.67. The van der Waals surface area contributed by atoms with Crippen LogP contribution < -0.4 is 0 Å². The van der Waals surface area contributed by atoms with Crippen LogP contribution in [-0.4, -0.2) is 44.5 Å². The fourth-order valence-electron chi connectivity index (χ4n) is 3.80. The molecule has 2 heterocycles. The van der Waals surface area contributed by atoms with Gasteiger partial charge in [0.05, 0.1) is 28.9 Å². The molecule has 0 aliphatic carbocycles. The molecule has 10 heteroatoms. The number of nitrogens with zero attached hydrogens (tertiary/aromatic N) is 3. The van der Waals surface area contributed by atoms with Crippen LogP contribution >= 0.6 is 0 Å². The molecule has 1 aliphatic heterocycles. The molecule has 166 valence electrons. The van der Waals surface area contributed by atoms with Gasteiger partial charge in [-0.1, -0.05) is 29.8 Å². The first-order valence-electron chi connectivity index (χ1n) is 9.72. The maximum absolute atomic E-state index is 14.7. The summed E-state index contributed by atoms with van der Waals surface area (Å²) in [4.78, 5) is 3.43. The molecular weight excluding hydrogens is 453 g/mol. The van der Waals surface area contributed by atoms with E-state index >= 15 is 0 Å². The SMILES string of the molecule is [C-]#[N+]c1ccc(F)c2cc(C3=CCN(S(C)(=O)=O)CC3)n(S(=O)(=O)c3ccc(C)cc3)c12. The minimum absolute atomic E-state index is 0.0104. The smallest absolute Gasteiger partial charge is 0.244 e. The molecule has 2 aromatic carbocycles. The van der Waals surface area contributed by atoms with Crippen LogP contribution in [0.25, 0.3) is 21.3 Å². The second-order valence-corrected chi connectivity index (χ2v) is 11.4. The largest absolute Gasteiger partial charge is 0.267 e. The highest BCUT2D eigenvalue weighted by Gasteiger charge is 2.29. The minimum atomic E-state index is -4.18. The van der Waals surface area contributed by atoms with E-state index in [1.54, 1.807) is 18.2 Å². The summed E-state index contributed by atoms with van der Waals surface area (Å²) in [5, 5.41) is 0.0237. The molecule has 0 saturated heterocycles. The Morgan fingerprint density at radius 3 is 2.31 bits per heavy atom. The van der Waals surface area contributed by atoms with Crippen molar-refractivity contribution >= 4 is 42.2 Å². The monoisotopic (exact) mass is 473 g/mol. The Labute approximate surface area is 186 Å². The summed E-state index contributed by atoms with van der Waals surface area (Å²) in [6, 6.07) is 10.1. The molecule has 0 saturated carbocycles. The lowest BCUT2D eigenvalue weighted by atomic mass is 10.1. The summed E-state index contributed by atoms with van der Waals surface area (Å²) >= 11 is 0. The van der Waals surface area contributed by atoms with Crippen LogP contribution in [0.2, 0.25) is 0 Å². The fourth-order valence-corrected chi connectivity index (χ4v) is 6.12. The van der Waals surface area contributed by atoms with E-state index < -0.39 is 25.9 Å². The van der Waals surface area contributed by atoms with Gasteiger partial charge in [-0.2, -0.15) is 4.31 Å². The molecule has 0 atom stereocenters. The number of fused-ring (bicyclic) bond motifs is 1. The maximum Gasteiger partial charge on any atom is 0.267 e. The second-order valence-electron chi connectivity index (χ2n) is 7.65. The van der Waals surface area contributed by atoms with Crippen molar-refractivity contribution in [3.05, 3.63) is 77.0 Å². The lowest BCUT2D eigenvalue weighted by Gasteiger charge is -2.25. The summed E-state index contributed by atoms with van der Waals surface area (Å²) in [6.07, 6.45) is 3.00. The Hall–Kier alpha value is -3.00. The Morgan fingerprint density at radius 1 is 1.06 bits per heavy atom. The van der Waals surface area contributed by atoms with Crippen LogP contribution in [0.15, 0.2) is 53.4 Å². The zero-order chi connectivity index (χ0) is 23.3. The highest BCUT2D eigenvalue weighted by atomic mass is 32.2. The molecule has 0 bridgehead atoms. The highest BCUT2D eigenvalue weighted by molar-refractivity contribution is 7.90. The van der Waals surface area contributed by atoms with Crippen LogP contribution in [0, 0.1) is 19.3 Å². The Morgan fingerprint density at radius 2 is 1.75 bits per heavy atom. The molecule has 0 radical (unpaired) electrons. The number of sulfonamides is 1. The van der Waals surface area contributed by atoms with E-state index in [4.69, 9.17) is 6.57 Å². The number of hydrogen-bond donors (Lipinski definition) is 0. The van der Waals surface area contributed by atoms with E-state index in [0.717, 1.165) is 21.9 Å². The van der Waals surface area contributed by atoms with Gasteiger partial charge in [0.2, 0.25) is 15.7 Å². The van der Waals surface area contributed by atoms with Gasteiger partial charge < -0.3 is 0 Å². The summed E-state index contributed by atoms with van der Waals surface area (Å²) in [6.45, 7) is 9.58. The molecule has 0 unspecified atom stereocenters. The molecule has 4 rings (SSSR count). The van der Waals surface area contributed by atoms with Gasteiger partial charge >= 0.3 is 0 Å². The predicted octanol–water partition coefficient (Wildman–Crippen LogP) is 3.93. The fraction of sp³-hybridized carbons (Fsp3) is 0.227. The molecule has 1 aromatic heterocycles. The normalized spacial score (nSPS) is 15.5. The van der Waals surface area contributed by atoms with Gasteiger partial charge in [-0.25, -0.2) is 30.0 Å². The Bertz CT molecular complexity index is 1510. The first-order chi connectivity index (χ1) is 15.0. The van der Waals surface area contributed by atoms with Crippen LogP contribution in [-0.2, 0) is 20.0 Å². The van der Waals surface area contributed by atoms with Gasteiger partial charge in [0.15, 0.2) is 0 Å². The Kier molecular flexibility index (Phi) is 5.45. The van der Waals surface area contributed by atoms with Crippen molar-refractivity contribution in [1.82, 2.24) is 8.28 Å². The molecule has 3 aromatic rings. The summed E-state index contributed by atoms with van der Waals surface area (Å²) < 4.78 is 68.1. The quantitative estimate of drug-likeness (QED) is 0.538. The third kappa shape index (κ3) is 3.72. The highest BCUT2D eigenvalue weighted by Crippen LogP contribution is 2.38. The van der Waals surface area contributed by atoms with Crippen molar-refractivity contribution < 1.29 is 21.2 Å². The van der Waals surface area contributed by atoms with Crippen molar-refractivity contribution in [2.24, 2.45) is 0 Å². The third-order valence-corrected chi connectivity index (χ3v) is 8.49. The van der Waals surface area contributed by atoms with E-state index in [-0.39, 0.29) is 46.7 Å². The molecule has 1 aliphatic rings. The van der Waals surface area contributed by atoms with Gasteiger partial charge in [0.25, 0.3) is 10.0 Å². The zero-order valence-corrected chi connectivity index (χ0v) is 19.0. The average Bonchev–Trinajstić information content (AvgIpc) is 3.16. The van der Waals surface area contributed by atoms with Gasteiger partial charge in [0, 0.05) is 18.5 Å².